The Balaban J connectivity index is 1.54. The molecule has 1 saturated heterocycles. The van der Waals surface area contributed by atoms with E-state index in [-0.39, 0.29) is 11.6 Å². The summed E-state index contributed by atoms with van der Waals surface area (Å²) in [6, 6.07) is 6.53. The summed E-state index contributed by atoms with van der Waals surface area (Å²) in [5, 5.41) is 6.93. The molecule has 0 unspecified atom stereocenters. The van der Waals surface area contributed by atoms with Crippen molar-refractivity contribution >= 4 is 16.0 Å². The summed E-state index contributed by atoms with van der Waals surface area (Å²) in [6.07, 6.45) is 1.36. The number of nitrogens with zero attached hydrogens (tertiary/aromatic N) is 4. The van der Waals surface area contributed by atoms with Gasteiger partial charge in [0.25, 0.3) is 0 Å². The third-order valence-electron chi connectivity index (χ3n) is 4.64. The van der Waals surface area contributed by atoms with Crippen molar-refractivity contribution in [1.29, 1.82) is 0 Å². The quantitative estimate of drug-likeness (QED) is 0.592. The van der Waals surface area contributed by atoms with E-state index in [1.807, 2.05) is 4.90 Å². The maximum absolute atomic E-state index is 13.4. The number of halogens is 1. The number of piperazine rings is 1. The number of rotatable bonds is 5. The first-order valence-electron chi connectivity index (χ1n) is 8.97. The third kappa shape index (κ3) is 4.87. The summed E-state index contributed by atoms with van der Waals surface area (Å²) in [5.74, 6) is 0.298. The maximum Gasteiger partial charge on any atom is 0.220 e. The fraction of sp³-hybridized carbons (Fsp3) is 0.444. The van der Waals surface area contributed by atoms with Gasteiger partial charge in [-0.15, -0.1) is 0 Å². The number of benzene rings is 1. The molecule has 0 aliphatic carbocycles. The van der Waals surface area contributed by atoms with Gasteiger partial charge in [-0.25, -0.2) is 12.8 Å². The van der Waals surface area contributed by atoms with E-state index < -0.39 is 10.0 Å². The molecule has 0 bridgehead atoms. The van der Waals surface area contributed by atoms with E-state index in [0.717, 1.165) is 5.56 Å². The molecule has 1 aromatic heterocycles. The van der Waals surface area contributed by atoms with Gasteiger partial charge in [-0.05, 0) is 24.1 Å². The zero-order chi connectivity index (χ0) is 20.1. The molecule has 0 atom stereocenters. The smallest absolute Gasteiger partial charge is 0.220 e. The van der Waals surface area contributed by atoms with Crippen LogP contribution in [0.15, 0.2) is 40.0 Å². The second-order valence-electron chi connectivity index (χ2n) is 6.62. The molecule has 0 radical (unpaired) electrons. The third-order valence-corrected chi connectivity index (χ3v) is 6.45. The van der Waals surface area contributed by atoms with Crippen molar-refractivity contribution in [1.82, 2.24) is 19.7 Å². The second kappa shape index (κ2) is 8.70. The fourth-order valence-electron chi connectivity index (χ4n) is 3.10. The van der Waals surface area contributed by atoms with Crippen molar-refractivity contribution in [3.63, 3.8) is 0 Å². The molecule has 0 spiro atoms. The molecule has 8 nitrogen and oxygen atoms in total. The molecule has 1 aliphatic rings. The van der Waals surface area contributed by atoms with Gasteiger partial charge >= 0.3 is 0 Å². The van der Waals surface area contributed by atoms with E-state index in [9.17, 15) is 12.8 Å². The molecule has 1 aliphatic heterocycles. The normalized spacial score (nSPS) is 16.4. The Labute approximate surface area is 164 Å². The van der Waals surface area contributed by atoms with Crippen LogP contribution in [0.1, 0.15) is 16.8 Å². The number of aliphatic imine (C=N–C) groups is 1. The summed E-state index contributed by atoms with van der Waals surface area (Å²) < 4.78 is 44.6. The van der Waals surface area contributed by atoms with Gasteiger partial charge in [0.05, 0.1) is 5.69 Å². The van der Waals surface area contributed by atoms with Crippen LogP contribution in [-0.2, 0) is 22.3 Å². The maximum atomic E-state index is 13.4. The van der Waals surface area contributed by atoms with Crippen molar-refractivity contribution in [2.24, 2.45) is 4.99 Å². The Morgan fingerprint density at radius 2 is 2.04 bits per heavy atom. The molecule has 3 rings (SSSR count). The predicted molar refractivity (Wildman–Crippen MR) is 104 cm³/mol. The molecule has 0 amide bonds. The highest BCUT2D eigenvalue weighted by atomic mass is 32.2. The minimum atomic E-state index is -3.44. The minimum absolute atomic E-state index is 0.166. The summed E-state index contributed by atoms with van der Waals surface area (Å²) in [4.78, 5) is 6.29. The van der Waals surface area contributed by atoms with Crippen LogP contribution in [0.5, 0.6) is 0 Å². The van der Waals surface area contributed by atoms with E-state index in [1.165, 1.54) is 16.6 Å². The average molecular weight is 409 g/mol. The second-order valence-corrected chi connectivity index (χ2v) is 8.59. The van der Waals surface area contributed by atoms with Crippen molar-refractivity contribution in [3.05, 3.63) is 53.2 Å². The average Bonchev–Trinajstić information content (AvgIpc) is 3.18. The predicted octanol–water partition coefficient (Wildman–Crippen LogP) is 1.35. The zero-order valence-electron chi connectivity index (χ0n) is 15.9. The Morgan fingerprint density at radius 1 is 1.29 bits per heavy atom. The molecular weight excluding hydrogens is 385 g/mol. The summed E-state index contributed by atoms with van der Waals surface area (Å²) in [5.41, 5.74) is 1.95. The van der Waals surface area contributed by atoms with E-state index in [4.69, 9.17) is 4.52 Å². The molecule has 28 heavy (non-hydrogen) atoms. The number of hydrogen-bond donors (Lipinski definition) is 1. The van der Waals surface area contributed by atoms with Crippen molar-refractivity contribution < 1.29 is 17.3 Å². The van der Waals surface area contributed by atoms with Crippen molar-refractivity contribution in [2.75, 3.05) is 33.2 Å². The van der Waals surface area contributed by atoms with E-state index in [2.05, 4.69) is 15.5 Å². The largest absolute Gasteiger partial charge is 0.364 e. The number of nitrogens with one attached hydrogen (secondary N) is 1. The number of aromatic nitrogens is 1. The Hall–Kier alpha value is -2.46. The first-order chi connectivity index (χ1) is 13.4. The molecule has 2 heterocycles. The van der Waals surface area contributed by atoms with Crippen LogP contribution in [0.3, 0.4) is 0 Å². The van der Waals surface area contributed by atoms with Gasteiger partial charge in [0, 0.05) is 45.8 Å². The van der Waals surface area contributed by atoms with E-state index in [0.29, 0.717) is 49.9 Å². The lowest BCUT2D eigenvalue weighted by Crippen LogP contribution is -2.53. The van der Waals surface area contributed by atoms with Crippen molar-refractivity contribution in [3.8, 4) is 0 Å². The number of hydrogen-bond acceptors (Lipinski definition) is 5. The number of aryl methyl sites for hydroxylation is 1. The highest BCUT2D eigenvalue weighted by Gasteiger charge is 2.28. The first kappa shape index (κ1) is 20.3. The van der Waals surface area contributed by atoms with Gasteiger partial charge in [-0.2, -0.15) is 4.31 Å². The molecule has 10 heteroatoms. The Kier molecular flexibility index (Phi) is 6.30. The van der Waals surface area contributed by atoms with E-state index >= 15 is 0 Å². The van der Waals surface area contributed by atoms with Crippen LogP contribution < -0.4 is 5.32 Å². The summed E-state index contributed by atoms with van der Waals surface area (Å²) in [7, 11) is -1.75. The zero-order valence-corrected chi connectivity index (χ0v) is 16.7. The summed E-state index contributed by atoms with van der Waals surface area (Å²) >= 11 is 0. The standard InChI is InChI=1S/C18H24FN5O3S/c1-14-11-15(3-4-17(14)19)12-21-18(20-2)23-6-8-24(9-7-23)28(25,26)13-16-5-10-27-22-16/h3-5,10-11H,6-9,12-13H2,1-2H3,(H,20,21). The molecule has 1 N–H and O–H groups in total. The van der Waals surface area contributed by atoms with E-state index in [1.54, 1.807) is 32.2 Å². The van der Waals surface area contributed by atoms with Gasteiger partial charge in [-0.3, -0.25) is 4.99 Å². The Morgan fingerprint density at radius 3 is 2.64 bits per heavy atom. The highest BCUT2D eigenvalue weighted by Crippen LogP contribution is 2.13. The molecule has 152 valence electrons. The van der Waals surface area contributed by atoms with Gasteiger partial charge in [0.2, 0.25) is 10.0 Å². The number of sulfonamides is 1. The van der Waals surface area contributed by atoms with Gasteiger partial charge < -0.3 is 14.7 Å². The topological polar surface area (TPSA) is 91.0 Å². The SMILES string of the molecule is CN=C(NCc1ccc(F)c(C)c1)N1CCN(S(=O)(=O)Cc2ccon2)CC1. The van der Waals surface area contributed by atoms with Crippen LogP contribution in [-0.4, -0.2) is 62.0 Å². The first-order valence-corrected chi connectivity index (χ1v) is 10.6. The highest BCUT2D eigenvalue weighted by molar-refractivity contribution is 7.88. The van der Waals surface area contributed by atoms with Crippen LogP contribution in [0, 0.1) is 12.7 Å². The fourth-order valence-corrected chi connectivity index (χ4v) is 4.52. The number of guanidine groups is 1. The minimum Gasteiger partial charge on any atom is -0.364 e. The van der Waals surface area contributed by atoms with Crippen LogP contribution in [0.2, 0.25) is 0 Å². The lowest BCUT2D eigenvalue weighted by molar-refractivity contribution is 0.259. The lowest BCUT2D eigenvalue weighted by Gasteiger charge is -2.35. The van der Waals surface area contributed by atoms with Gasteiger partial charge in [0.1, 0.15) is 17.8 Å². The van der Waals surface area contributed by atoms with Gasteiger partial charge in [-0.1, -0.05) is 17.3 Å². The molecule has 1 aromatic carbocycles. The molecular formula is C18H24FN5O3S. The van der Waals surface area contributed by atoms with Gasteiger partial charge in [0.15, 0.2) is 5.96 Å². The molecule has 2 aromatic rings. The van der Waals surface area contributed by atoms with Crippen LogP contribution >= 0.6 is 0 Å². The Bertz CT molecular complexity index is 923. The lowest BCUT2D eigenvalue weighted by atomic mass is 10.1. The molecule has 0 saturated carbocycles. The monoisotopic (exact) mass is 409 g/mol. The van der Waals surface area contributed by atoms with Crippen molar-refractivity contribution in [2.45, 2.75) is 19.2 Å². The van der Waals surface area contributed by atoms with Crippen LogP contribution in [0.4, 0.5) is 4.39 Å². The molecule has 1 fully saturated rings. The van der Waals surface area contributed by atoms with Crippen LogP contribution in [0.25, 0.3) is 0 Å². The summed E-state index contributed by atoms with van der Waals surface area (Å²) in [6.45, 7) is 4.04.